The van der Waals surface area contributed by atoms with Crippen LogP contribution in [0.5, 0.6) is 0 Å². The largest absolute Gasteiger partial charge is 0.391 e. The van der Waals surface area contributed by atoms with Crippen molar-refractivity contribution in [3.63, 3.8) is 0 Å². The van der Waals surface area contributed by atoms with Crippen LogP contribution in [0.4, 0.5) is 26.4 Å². The number of imidazole rings is 1. The molecule has 9 nitrogen and oxygen atoms in total. The maximum atomic E-state index is 14.7. The molecule has 2 fully saturated rings. The molecular formula is C23H26ClF2N7O2. The van der Waals surface area contributed by atoms with Crippen LogP contribution in [0, 0.1) is 17.6 Å². The fourth-order valence-corrected chi connectivity index (χ4v) is 5.20. The molecule has 35 heavy (non-hydrogen) atoms. The summed E-state index contributed by atoms with van der Waals surface area (Å²) < 4.78 is 31.0. The third-order valence-electron chi connectivity index (χ3n) is 6.97. The third-order valence-corrected chi connectivity index (χ3v) is 7.26. The number of aliphatic hydroxyl groups is 1. The Kier molecular flexibility index (Phi) is 6.45. The second-order valence-corrected chi connectivity index (χ2v) is 9.62. The highest BCUT2D eigenvalue weighted by atomic mass is 35.5. The fraction of sp³-hybridized carbons (Fsp3) is 0.478. The summed E-state index contributed by atoms with van der Waals surface area (Å²) in [4.78, 5) is 25.2. The van der Waals surface area contributed by atoms with Gasteiger partial charge in [-0.15, -0.1) is 0 Å². The van der Waals surface area contributed by atoms with Gasteiger partial charge in [-0.25, -0.2) is 18.7 Å². The summed E-state index contributed by atoms with van der Waals surface area (Å²) in [6.45, 7) is 0. The Morgan fingerprint density at radius 1 is 1.14 bits per heavy atom. The molecule has 0 bridgehead atoms. The molecule has 1 aromatic carbocycles. The number of aliphatic hydroxyl groups excluding tert-OH is 1. The number of benzene rings is 1. The predicted molar refractivity (Wildman–Crippen MR) is 127 cm³/mol. The standard InChI is InChI=1S/C23H26ClF2N7O2/c24-13-8-9-14(25)19(18(13)26)31-23-30-16-10-28-22(29-15-2-1-3-17(15)34)32-21(16)33(23)12-6-4-11(5-7-12)20(27)35/h8-12,15,17,34H,1-7H2,(H2,27,35)(H,30,31)(H,28,29,32)/t11-,12+,15?,17-/m1/s1. The van der Waals surface area contributed by atoms with Crippen molar-refractivity contribution in [2.75, 3.05) is 10.6 Å². The van der Waals surface area contributed by atoms with Crippen molar-refractivity contribution < 1.29 is 18.7 Å². The summed E-state index contributed by atoms with van der Waals surface area (Å²) >= 11 is 5.87. The zero-order valence-corrected chi connectivity index (χ0v) is 19.6. The molecule has 2 aliphatic rings. The number of nitrogens with zero attached hydrogens (tertiary/aromatic N) is 4. The van der Waals surface area contributed by atoms with Crippen molar-refractivity contribution in [1.82, 2.24) is 19.5 Å². The van der Waals surface area contributed by atoms with E-state index in [0.717, 1.165) is 25.0 Å². The van der Waals surface area contributed by atoms with Crippen molar-refractivity contribution in [2.24, 2.45) is 11.7 Å². The molecule has 5 rings (SSSR count). The van der Waals surface area contributed by atoms with E-state index < -0.39 is 23.4 Å². The van der Waals surface area contributed by atoms with E-state index >= 15 is 0 Å². The number of rotatable bonds is 6. The number of halogens is 3. The van der Waals surface area contributed by atoms with Gasteiger partial charge in [-0.05, 0) is 57.1 Å². The van der Waals surface area contributed by atoms with Crippen LogP contribution in [0.15, 0.2) is 18.3 Å². The second-order valence-electron chi connectivity index (χ2n) is 9.21. The zero-order chi connectivity index (χ0) is 24.7. The summed E-state index contributed by atoms with van der Waals surface area (Å²) in [6, 6.07) is 1.94. The van der Waals surface area contributed by atoms with Gasteiger partial charge in [-0.2, -0.15) is 4.98 Å². The van der Waals surface area contributed by atoms with E-state index in [1.807, 2.05) is 0 Å². The highest BCUT2D eigenvalue weighted by Gasteiger charge is 2.30. The molecule has 12 heteroatoms. The van der Waals surface area contributed by atoms with Crippen LogP contribution in [0.1, 0.15) is 51.0 Å². The average molecular weight is 506 g/mol. The van der Waals surface area contributed by atoms with Gasteiger partial charge in [-0.1, -0.05) is 11.6 Å². The van der Waals surface area contributed by atoms with Crippen LogP contribution < -0.4 is 16.4 Å². The lowest BCUT2D eigenvalue weighted by molar-refractivity contribution is -0.122. The predicted octanol–water partition coefficient (Wildman–Crippen LogP) is 4.04. The van der Waals surface area contributed by atoms with Crippen LogP contribution >= 0.6 is 11.6 Å². The summed E-state index contributed by atoms with van der Waals surface area (Å²) in [5.74, 6) is -1.75. The SMILES string of the molecule is NC(=O)[C@H]1CC[C@@H](n2c(Nc3c(F)ccc(Cl)c3F)nc3cnc(NC4CCC[C@H]4O)nc32)CC1. The van der Waals surface area contributed by atoms with Crippen LogP contribution in [0.3, 0.4) is 0 Å². The zero-order valence-electron chi connectivity index (χ0n) is 18.8. The van der Waals surface area contributed by atoms with E-state index in [2.05, 4.69) is 25.6 Å². The molecule has 2 atom stereocenters. The Labute approximate surface area is 205 Å². The Morgan fingerprint density at radius 3 is 2.60 bits per heavy atom. The van der Waals surface area contributed by atoms with Gasteiger partial charge >= 0.3 is 0 Å². The first-order chi connectivity index (χ1) is 16.8. The van der Waals surface area contributed by atoms with E-state index in [1.165, 1.54) is 6.20 Å². The monoisotopic (exact) mass is 505 g/mol. The number of amides is 1. The Morgan fingerprint density at radius 2 is 1.91 bits per heavy atom. The normalized spacial score (nSPS) is 24.6. The van der Waals surface area contributed by atoms with Crippen LogP contribution in [0.2, 0.25) is 5.02 Å². The van der Waals surface area contributed by atoms with E-state index in [1.54, 1.807) is 4.57 Å². The molecule has 1 amide bonds. The van der Waals surface area contributed by atoms with Crippen molar-refractivity contribution >= 4 is 46.3 Å². The summed E-state index contributed by atoms with van der Waals surface area (Å²) in [6.07, 6.45) is 5.89. The van der Waals surface area contributed by atoms with E-state index in [4.69, 9.17) is 17.3 Å². The van der Waals surface area contributed by atoms with Crippen LogP contribution in [-0.2, 0) is 4.79 Å². The van der Waals surface area contributed by atoms with Crippen molar-refractivity contribution in [1.29, 1.82) is 0 Å². The number of hydrogen-bond donors (Lipinski definition) is 4. The maximum absolute atomic E-state index is 14.7. The molecule has 2 aliphatic carbocycles. The molecule has 2 heterocycles. The summed E-state index contributed by atoms with van der Waals surface area (Å²) in [5.41, 5.74) is 5.99. The minimum Gasteiger partial charge on any atom is -0.391 e. The van der Waals surface area contributed by atoms with Gasteiger partial charge < -0.3 is 21.5 Å². The highest BCUT2D eigenvalue weighted by Crippen LogP contribution is 2.38. The summed E-state index contributed by atoms with van der Waals surface area (Å²) in [5, 5.41) is 15.9. The Bertz CT molecular complexity index is 1260. The van der Waals surface area contributed by atoms with E-state index in [-0.39, 0.29) is 34.9 Å². The average Bonchev–Trinajstić information content (AvgIpc) is 3.41. The lowest BCUT2D eigenvalue weighted by atomic mass is 9.85. The third kappa shape index (κ3) is 4.62. The van der Waals surface area contributed by atoms with Gasteiger partial charge in [0.15, 0.2) is 11.5 Å². The number of aromatic nitrogens is 4. The van der Waals surface area contributed by atoms with Crippen LogP contribution in [-0.4, -0.2) is 42.7 Å². The first-order valence-corrected chi connectivity index (χ1v) is 12.1. The van der Waals surface area contributed by atoms with Crippen molar-refractivity contribution in [3.05, 3.63) is 35.0 Å². The van der Waals surface area contributed by atoms with Crippen molar-refractivity contribution in [3.8, 4) is 0 Å². The number of fused-ring (bicyclic) bond motifs is 1. The molecule has 2 saturated carbocycles. The second kappa shape index (κ2) is 9.54. The first-order valence-electron chi connectivity index (χ1n) is 11.7. The number of carbonyl (C=O) groups excluding carboxylic acids is 1. The lowest BCUT2D eigenvalue weighted by Crippen LogP contribution is -2.29. The number of nitrogens with two attached hydrogens (primary N) is 1. The quantitative estimate of drug-likeness (QED) is 0.372. The smallest absolute Gasteiger partial charge is 0.225 e. The summed E-state index contributed by atoms with van der Waals surface area (Å²) in [7, 11) is 0. The number of primary amides is 1. The maximum Gasteiger partial charge on any atom is 0.225 e. The minimum absolute atomic E-state index is 0.136. The number of nitrogens with one attached hydrogen (secondary N) is 2. The number of hydrogen-bond acceptors (Lipinski definition) is 7. The number of anilines is 3. The topological polar surface area (TPSA) is 131 Å². The fourth-order valence-electron chi connectivity index (χ4n) is 5.04. The van der Waals surface area contributed by atoms with Crippen LogP contribution in [0.25, 0.3) is 11.2 Å². The molecule has 3 aromatic rings. The van der Waals surface area contributed by atoms with Gasteiger partial charge in [0.2, 0.25) is 17.8 Å². The molecule has 0 saturated heterocycles. The van der Waals surface area contributed by atoms with Gasteiger partial charge in [-0.3, -0.25) is 9.36 Å². The number of carbonyl (C=O) groups is 1. The minimum atomic E-state index is -0.925. The molecule has 0 radical (unpaired) electrons. The Hall–Kier alpha value is -3.05. The molecule has 0 spiro atoms. The van der Waals surface area contributed by atoms with Gasteiger partial charge in [0.1, 0.15) is 17.0 Å². The van der Waals surface area contributed by atoms with E-state index in [0.29, 0.717) is 49.2 Å². The molecule has 186 valence electrons. The van der Waals surface area contributed by atoms with Gasteiger partial charge in [0, 0.05) is 12.0 Å². The molecular weight excluding hydrogens is 480 g/mol. The highest BCUT2D eigenvalue weighted by molar-refractivity contribution is 6.31. The Balaban J connectivity index is 1.54. The van der Waals surface area contributed by atoms with Gasteiger partial charge in [0.05, 0.1) is 23.4 Å². The molecule has 2 aromatic heterocycles. The van der Waals surface area contributed by atoms with E-state index in [9.17, 15) is 18.7 Å². The molecule has 0 aliphatic heterocycles. The molecule has 1 unspecified atom stereocenters. The first kappa shape index (κ1) is 23.7. The molecule has 5 N–H and O–H groups in total. The van der Waals surface area contributed by atoms with Gasteiger partial charge in [0.25, 0.3) is 0 Å². The van der Waals surface area contributed by atoms with Crippen molar-refractivity contribution in [2.45, 2.75) is 63.1 Å². The lowest BCUT2D eigenvalue weighted by Gasteiger charge is -2.29.